The van der Waals surface area contributed by atoms with Gasteiger partial charge in [0.15, 0.2) is 0 Å². The maximum absolute atomic E-state index is 13.0. The molecular formula is C21H26N2O3. The fraction of sp³-hybridized carbons (Fsp3) is 0.476. The molecule has 26 heavy (non-hydrogen) atoms. The minimum atomic E-state index is -0.0452. The van der Waals surface area contributed by atoms with Gasteiger partial charge in [-0.25, -0.2) is 0 Å². The number of morpholine rings is 1. The van der Waals surface area contributed by atoms with Crippen LogP contribution in [0.2, 0.25) is 0 Å². The van der Waals surface area contributed by atoms with Crippen molar-refractivity contribution in [3.05, 3.63) is 41.5 Å². The van der Waals surface area contributed by atoms with Crippen molar-refractivity contribution in [2.45, 2.75) is 25.8 Å². The van der Waals surface area contributed by atoms with Gasteiger partial charge in [-0.2, -0.15) is 0 Å². The Kier molecular flexibility index (Phi) is 5.09. The number of benzene rings is 2. The molecule has 2 aliphatic rings. The SMILES string of the molecule is O=C(c1cc2ccccc2c(CN2CCOCC2)c1O)N1CCCCC1. The van der Waals surface area contributed by atoms with Gasteiger partial charge in [-0.05, 0) is 36.1 Å². The highest BCUT2D eigenvalue weighted by Crippen LogP contribution is 2.33. The zero-order valence-electron chi connectivity index (χ0n) is 15.1. The van der Waals surface area contributed by atoms with Gasteiger partial charge < -0.3 is 14.7 Å². The lowest BCUT2D eigenvalue weighted by atomic mass is 9.97. The van der Waals surface area contributed by atoms with Gasteiger partial charge in [0.1, 0.15) is 5.75 Å². The van der Waals surface area contributed by atoms with Gasteiger partial charge in [0.2, 0.25) is 0 Å². The predicted molar refractivity (Wildman–Crippen MR) is 101 cm³/mol. The van der Waals surface area contributed by atoms with Gasteiger partial charge in [-0.1, -0.05) is 24.3 Å². The molecular weight excluding hydrogens is 328 g/mol. The Bertz CT molecular complexity index is 793. The highest BCUT2D eigenvalue weighted by atomic mass is 16.5. The first-order chi connectivity index (χ1) is 12.7. The van der Waals surface area contributed by atoms with Crippen LogP contribution in [0.3, 0.4) is 0 Å². The zero-order valence-corrected chi connectivity index (χ0v) is 15.1. The second kappa shape index (κ2) is 7.64. The topological polar surface area (TPSA) is 53.0 Å². The summed E-state index contributed by atoms with van der Waals surface area (Å²) in [6, 6.07) is 9.86. The molecule has 1 N–H and O–H groups in total. The fourth-order valence-electron chi connectivity index (χ4n) is 3.98. The van der Waals surface area contributed by atoms with Crippen molar-refractivity contribution in [1.82, 2.24) is 9.80 Å². The van der Waals surface area contributed by atoms with E-state index in [-0.39, 0.29) is 11.7 Å². The van der Waals surface area contributed by atoms with Gasteiger partial charge >= 0.3 is 0 Å². The summed E-state index contributed by atoms with van der Waals surface area (Å²) in [6.07, 6.45) is 3.26. The normalized spacial score (nSPS) is 19.0. The number of likely N-dealkylation sites (tertiary alicyclic amines) is 1. The Morgan fingerprint density at radius 1 is 1.04 bits per heavy atom. The number of hydrogen-bond donors (Lipinski definition) is 1. The smallest absolute Gasteiger partial charge is 0.257 e. The Labute approximate surface area is 154 Å². The number of nitrogens with zero attached hydrogens (tertiary/aromatic N) is 2. The van der Waals surface area contributed by atoms with Crippen molar-refractivity contribution >= 4 is 16.7 Å². The van der Waals surface area contributed by atoms with Crippen LogP contribution in [0, 0.1) is 0 Å². The first-order valence-corrected chi connectivity index (χ1v) is 9.57. The molecule has 1 amide bonds. The summed E-state index contributed by atoms with van der Waals surface area (Å²) in [5.74, 6) is 0.0990. The highest BCUT2D eigenvalue weighted by molar-refractivity contribution is 6.03. The largest absolute Gasteiger partial charge is 0.507 e. The molecule has 0 saturated carbocycles. The van der Waals surface area contributed by atoms with Crippen LogP contribution < -0.4 is 0 Å². The van der Waals surface area contributed by atoms with E-state index >= 15 is 0 Å². The van der Waals surface area contributed by atoms with Gasteiger partial charge in [0.25, 0.3) is 5.91 Å². The van der Waals surface area contributed by atoms with E-state index in [2.05, 4.69) is 4.90 Å². The minimum Gasteiger partial charge on any atom is -0.507 e. The average molecular weight is 354 g/mol. The van der Waals surface area contributed by atoms with E-state index in [1.807, 2.05) is 35.2 Å². The van der Waals surface area contributed by atoms with E-state index in [0.717, 1.165) is 55.4 Å². The third-order valence-electron chi connectivity index (χ3n) is 5.49. The molecule has 0 radical (unpaired) electrons. The van der Waals surface area contributed by atoms with Crippen molar-refractivity contribution in [1.29, 1.82) is 0 Å². The summed E-state index contributed by atoms with van der Waals surface area (Å²) in [5.41, 5.74) is 1.29. The first-order valence-electron chi connectivity index (χ1n) is 9.57. The summed E-state index contributed by atoms with van der Waals surface area (Å²) in [4.78, 5) is 17.2. The number of fused-ring (bicyclic) bond motifs is 1. The van der Waals surface area contributed by atoms with Crippen LogP contribution in [0.4, 0.5) is 0 Å². The Balaban J connectivity index is 1.73. The number of hydrogen-bond acceptors (Lipinski definition) is 4. The first kappa shape index (κ1) is 17.3. The molecule has 2 aliphatic heterocycles. The summed E-state index contributed by atoms with van der Waals surface area (Å²) >= 11 is 0. The molecule has 2 aromatic carbocycles. The quantitative estimate of drug-likeness (QED) is 0.921. The predicted octanol–water partition coefficient (Wildman–Crippen LogP) is 3.00. The lowest BCUT2D eigenvalue weighted by Crippen LogP contribution is -2.36. The van der Waals surface area contributed by atoms with Crippen LogP contribution in [0.15, 0.2) is 30.3 Å². The third-order valence-corrected chi connectivity index (χ3v) is 5.49. The Morgan fingerprint density at radius 2 is 1.77 bits per heavy atom. The monoisotopic (exact) mass is 354 g/mol. The molecule has 0 atom stereocenters. The molecule has 5 heteroatoms. The molecule has 138 valence electrons. The van der Waals surface area contributed by atoms with Gasteiger partial charge in [-0.3, -0.25) is 9.69 Å². The number of amides is 1. The summed E-state index contributed by atoms with van der Waals surface area (Å²) in [6.45, 7) is 5.32. The molecule has 0 aliphatic carbocycles. The van der Waals surface area contributed by atoms with Crippen LogP contribution in [-0.4, -0.2) is 60.2 Å². The van der Waals surface area contributed by atoms with E-state index in [4.69, 9.17) is 4.74 Å². The fourth-order valence-corrected chi connectivity index (χ4v) is 3.98. The average Bonchev–Trinajstić information content (AvgIpc) is 2.71. The molecule has 0 bridgehead atoms. The molecule has 2 saturated heterocycles. The molecule has 4 rings (SSSR count). The molecule has 0 aromatic heterocycles. The summed E-state index contributed by atoms with van der Waals surface area (Å²) in [7, 11) is 0. The van der Waals surface area contributed by atoms with E-state index in [1.54, 1.807) is 0 Å². The van der Waals surface area contributed by atoms with Gasteiger partial charge in [0, 0.05) is 38.3 Å². The molecule has 0 unspecified atom stereocenters. The number of phenols is 1. The molecule has 2 fully saturated rings. The lowest BCUT2D eigenvalue weighted by molar-refractivity contribution is 0.0340. The van der Waals surface area contributed by atoms with E-state index in [9.17, 15) is 9.90 Å². The van der Waals surface area contributed by atoms with Crippen molar-refractivity contribution in [2.24, 2.45) is 0 Å². The summed E-state index contributed by atoms with van der Waals surface area (Å²) in [5, 5.41) is 13.0. The second-order valence-corrected chi connectivity index (χ2v) is 7.21. The lowest BCUT2D eigenvalue weighted by Gasteiger charge is -2.29. The van der Waals surface area contributed by atoms with Crippen LogP contribution >= 0.6 is 0 Å². The Morgan fingerprint density at radius 3 is 2.54 bits per heavy atom. The number of ether oxygens (including phenoxy) is 1. The second-order valence-electron chi connectivity index (χ2n) is 7.21. The van der Waals surface area contributed by atoms with E-state index in [0.29, 0.717) is 25.3 Å². The number of piperidine rings is 1. The molecule has 0 spiro atoms. The summed E-state index contributed by atoms with van der Waals surface area (Å²) < 4.78 is 5.43. The highest BCUT2D eigenvalue weighted by Gasteiger charge is 2.25. The maximum atomic E-state index is 13.0. The number of carbonyl (C=O) groups excluding carboxylic acids is 1. The molecule has 2 aromatic rings. The molecule has 5 nitrogen and oxygen atoms in total. The van der Waals surface area contributed by atoms with Gasteiger partial charge in [-0.15, -0.1) is 0 Å². The number of rotatable bonds is 3. The van der Waals surface area contributed by atoms with Crippen molar-refractivity contribution in [3.8, 4) is 5.75 Å². The third kappa shape index (κ3) is 3.41. The van der Waals surface area contributed by atoms with E-state index < -0.39 is 0 Å². The van der Waals surface area contributed by atoms with Crippen LogP contribution in [0.5, 0.6) is 5.75 Å². The standard InChI is InChI=1S/C21H26N2O3/c24-20-18(21(25)23-8-4-1-5-9-23)14-16-6-2-3-7-17(16)19(20)15-22-10-12-26-13-11-22/h2-3,6-7,14,24H,1,4-5,8-13,15H2. The number of phenolic OH excluding ortho intramolecular Hbond substituents is 1. The van der Waals surface area contributed by atoms with Crippen LogP contribution in [0.1, 0.15) is 35.2 Å². The van der Waals surface area contributed by atoms with Crippen molar-refractivity contribution in [3.63, 3.8) is 0 Å². The number of carbonyl (C=O) groups is 1. The van der Waals surface area contributed by atoms with E-state index in [1.165, 1.54) is 6.42 Å². The maximum Gasteiger partial charge on any atom is 0.257 e. The van der Waals surface area contributed by atoms with Crippen LogP contribution in [0.25, 0.3) is 10.8 Å². The van der Waals surface area contributed by atoms with Crippen molar-refractivity contribution < 1.29 is 14.6 Å². The zero-order chi connectivity index (χ0) is 17.9. The number of aromatic hydroxyl groups is 1. The van der Waals surface area contributed by atoms with Crippen molar-refractivity contribution in [2.75, 3.05) is 39.4 Å². The minimum absolute atomic E-state index is 0.0452. The van der Waals surface area contributed by atoms with Crippen LogP contribution in [-0.2, 0) is 11.3 Å². The van der Waals surface area contributed by atoms with Gasteiger partial charge in [0.05, 0.1) is 18.8 Å². The molecule has 2 heterocycles. The Hall–Kier alpha value is -2.11.